The zero-order valence-electron chi connectivity index (χ0n) is 11.2. The molecule has 18 heavy (non-hydrogen) atoms. The number of aryl methyl sites for hydroxylation is 1. The lowest BCUT2D eigenvalue weighted by atomic mass is 10.2. The van der Waals surface area contributed by atoms with E-state index in [0.29, 0.717) is 10.9 Å². The number of H-pyrrole nitrogens is 1. The zero-order valence-corrected chi connectivity index (χ0v) is 12.0. The second-order valence-corrected chi connectivity index (χ2v) is 5.06. The van der Waals surface area contributed by atoms with E-state index in [9.17, 15) is 4.79 Å². The molecule has 102 valence electrons. The number of hydrogen-bond donors (Lipinski definition) is 2. The third-order valence-corrected chi connectivity index (χ3v) is 3.38. The number of amides is 1. The van der Waals surface area contributed by atoms with Crippen molar-refractivity contribution in [1.82, 2.24) is 20.5 Å². The second-order valence-electron chi connectivity index (χ2n) is 4.12. The molecule has 0 spiro atoms. The fourth-order valence-corrected chi connectivity index (χ4v) is 2.11. The van der Waals surface area contributed by atoms with E-state index in [0.717, 1.165) is 25.2 Å². The SMILES string of the molecule is CCCCCCNC(=O)CSc1n[nH]c(CC)n1. The van der Waals surface area contributed by atoms with Crippen molar-refractivity contribution in [1.29, 1.82) is 0 Å². The van der Waals surface area contributed by atoms with Gasteiger partial charge in [0.1, 0.15) is 5.82 Å². The fraction of sp³-hybridized carbons (Fsp3) is 0.750. The van der Waals surface area contributed by atoms with Gasteiger partial charge in [0.05, 0.1) is 5.75 Å². The van der Waals surface area contributed by atoms with Crippen LogP contribution in [0, 0.1) is 0 Å². The van der Waals surface area contributed by atoms with Crippen LogP contribution in [0.25, 0.3) is 0 Å². The number of unbranched alkanes of at least 4 members (excludes halogenated alkanes) is 3. The maximum absolute atomic E-state index is 11.5. The van der Waals surface area contributed by atoms with Gasteiger partial charge in [0, 0.05) is 13.0 Å². The highest BCUT2D eigenvalue weighted by molar-refractivity contribution is 7.99. The number of nitrogens with zero attached hydrogens (tertiary/aromatic N) is 2. The predicted molar refractivity (Wildman–Crippen MR) is 73.6 cm³/mol. The molecule has 1 heterocycles. The van der Waals surface area contributed by atoms with E-state index in [4.69, 9.17) is 0 Å². The average Bonchev–Trinajstić information content (AvgIpc) is 2.84. The average molecular weight is 270 g/mol. The van der Waals surface area contributed by atoms with Crippen LogP contribution < -0.4 is 5.32 Å². The summed E-state index contributed by atoms with van der Waals surface area (Å²) in [4.78, 5) is 15.8. The number of carbonyl (C=O) groups is 1. The monoisotopic (exact) mass is 270 g/mol. The first-order valence-corrected chi connectivity index (χ1v) is 7.55. The summed E-state index contributed by atoms with van der Waals surface area (Å²) in [5.41, 5.74) is 0. The Bertz CT molecular complexity index is 354. The molecule has 0 radical (unpaired) electrons. The van der Waals surface area contributed by atoms with E-state index in [1.54, 1.807) is 0 Å². The molecule has 0 fully saturated rings. The standard InChI is InChI=1S/C12H22N4OS/c1-3-5-6-7-8-13-11(17)9-18-12-14-10(4-2)15-16-12/h3-9H2,1-2H3,(H,13,17)(H,14,15,16). The lowest BCUT2D eigenvalue weighted by Crippen LogP contribution is -2.26. The van der Waals surface area contributed by atoms with Gasteiger partial charge in [-0.15, -0.1) is 5.10 Å². The Hall–Kier alpha value is -1.04. The molecule has 0 unspecified atom stereocenters. The summed E-state index contributed by atoms with van der Waals surface area (Å²) >= 11 is 1.37. The maximum Gasteiger partial charge on any atom is 0.230 e. The van der Waals surface area contributed by atoms with E-state index in [2.05, 4.69) is 27.4 Å². The number of aromatic nitrogens is 3. The minimum absolute atomic E-state index is 0.0550. The molecule has 0 saturated heterocycles. The molecule has 1 rings (SSSR count). The highest BCUT2D eigenvalue weighted by Crippen LogP contribution is 2.11. The van der Waals surface area contributed by atoms with Crippen molar-refractivity contribution < 1.29 is 4.79 Å². The molecule has 6 heteroatoms. The van der Waals surface area contributed by atoms with Gasteiger partial charge < -0.3 is 5.32 Å². The van der Waals surface area contributed by atoms with Crippen LogP contribution in [0.5, 0.6) is 0 Å². The topological polar surface area (TPSA) is 70.7 Å². The molecule has 1 aromatic rings. The largest absolute Gasteiger partial charge is 0.355 e. The van der Waals surface area contributed by atoms with Gasteiger partial charge in [0.25, 0.3) is 0 Å². The summed E-state index contributed by atoms with van der Waals surface area (Å²) in [5, 5.41) is 10.4. The van der Waals surface area contributed by atoms with Gasteiger partial charge in [-0.05, 0) is 6.42 Å². The lowest BCUT2D eigenvalue weighted by molar-refractivity contribution is -0.118. The first-order valence-electron chi connectivity index (χ1n) is 6.57. The minimum atomic E-state index is 0.0550. The molecule has 1 aromatic heterocycles. The van der Waals surface area contributed by atoms with Crippen LogP contribution >= 0.6 is 11.8 Å². The second kappa shape index (κ2) is 8.97. The summed E-state index contributed by atoms with van der Waals surface area (Å²) in [7, 11) is 0. The van der Waals surface area contributed by atoms with Gasteiger partial charge in [-0.2, -0.15) is 0 Å². The van der Waals surface area contributed by atoms with Crippen LogP contribution in [0.3, 0.4) is 0 Å². The summed E-state index contributed by atoms with van der Waals surface area (Å²) in [6.45, 7) is 4.96. The molecule has 2 N–H and O–H groups in total. The molecule has 0 aliphatic rings. The predicted octanol–water partition coefficient (Wildman–Crippen LogP) is 2.16. The number of hydrogen-bond acceptors (Lipinski definition) is 4. The van der Waals surface area contributed by atoms with E-state index >= 15 is 0 Å². The van der Waals surface area contributed by atoms with Crippen LogP contribution in [0.1, 0.15) is 45.4 Å². The normalized spacial score (nSPS) is 10.6. The van der Waals surface area contributed by atoms with Crippen LogP contribution in [0.4, 0.5) is 0 Å². The quantitative estimate of drug-likeness (QED) is 0.533. The molecular weight excluding hydrogens is 248 g/mol. The Labute approximate surface area is 113 Å². The van der Waals surface area contributed by atoms with Crippen molar-refractivity contribution in [3.63, 3.8) is 0 Å². The Morgan fingerprint density at radius 1 is 1.33 bits per heavy atom. The Kier molecular flexibility index (Phi) is 7.48. The van der Waals surface area contributed by atoms with E-state index < -0.39 is 0 Å². The molecule has 0 saturated carbocycles. The smallest absolute Gasteiger partial charge is 0.230 e. The van der Waals surface area contributed by atoms with Crippen molar-refractivity contribution in [2.75, 3.05) is 12.3 Å². The zero-order chi connectivity index (χ0) is 13.2. The molecule has 0 aromatic carbocycles. The number of rotatable bonds is 9. The summed E-state index contributed by atoms with van der Waals surface area (Å²) in [5.74, 6) is 1.30. The van der Waals surface area contributed by atoms with Gasteiger partial charge in [-0.1, -0.05) is 44.9 Å². The van der Waals surface area contributed by atoms with E-state index in [1.165, 1.54) is 31.0 Å². The van der Waals surface area contributed by atoms with Crippen LogP contribution in [-0.2, 0) is 11.2 Å². The van der Waals surface area contributed by atoms with Crippen LogP contribution in [-0.4, -0.2) is 33.4 Å². The van der Waals surface area contributed by atoms with Crippen molar-refractivity contribution in [2.24, 2.45) is 0 Å². The van der Waals surface area contributed by atoms with Gasteiger partial charge in [0.2, 0.25) is 11.1 Å². The maximum atomic E-state index is 11.5. The van der Waals surface area contributed by atoms with Crippen molar-refractivity contribution in [3.8, 4) is 0 Å². The number of nitrogens with one attached hydrogen (secondary N) is 2. The van der Waals surface area contributed by atoms with Crippen molar-refractivity contribution in [3.05, 3.63) is 5.82 Å². The first-order chi connectivity index (χ1) is 8.76. The minimum Gasteiger partial charge on any atom is -0.355 e. The molecular formula is C12H22N4OS. The summed E-state index contributed by atoms with van der Waals surface area (Å²) in [6, 6.07) is 0. The van der Waals surface area contributed by atoms with E-state index in [1.807, 2.05) is 6.92 Å². The Morgan fingerprint density at radius 3 is 2.83 bits per heavy atom. The van der Waals surface area contributed by atoms with Gasteiger partial charge >= 0.3 is 0 Å². The molecule has 0 atom stereocenters. The Balaban J connectivity index is 2.09. The highest BCUT2D eigenvalue weighted by Gasteiger charge is 2.06. The van der Waals surface area contributed by atoms with Gasteiger partial charge in [-0.25, -0.2) is 4.98 Å². The summed E-state index contributed by atoms with van der Waals surface area (Å²) < 4.78 is 0. The van der Waals surface area contributed by atoms with Crippen LogP contribution in [0.15, 0.2) is 5.16 Å². The number of aromatic amines is 1. The molecule has 0 aliphatic carbocycles. The third-order valence-electron chi connectivity index (χ3n) is 2.53. The number of thioether (sulfide) groups is 1. The van der Waals surface area contributed by atoms with Gasteiger partial charge in [-0.3, -0.25) is 9.89 Å². The number of carbonyl (C=O) groups excluding carboxylic acids is 1. The molecule has 5 nitrogen and oxygen atoms in total. The third kappa shape index (κ3) is 6.05. The van der Waals surface area contributed by atoms with Gasteiger partial charge in [0.15, 0.2) is 0 Å². The summed E-state index contributed by atoms with van der Waals surface area (Å²) in [6.07, 6.45) is 5.53. The highest BCUT2D eigenvalue weighted by atomic mass is 32.2. The molecule has 0 aliphatic heterocycles. The van der Waals surface area contributed by atoms with Crippen molar-refractivity contribution in [2.45, 2.75) is 51.1 Å². The Morgan fingerprint density at radius 2 is 2.17 bits per heavy atom. The molecule has 1 amide bonds. The van der Waals surface area contributed by atoms with Crippen molar-refractivity contribution >= 4 is 17.7 Å². The van der Waals surface area contributed by atoms with Crippen LogP contribution in [0.2, 0.25) is 0 Å². The molecule has 0 bridgehead atoms. The van der Waals surface area contributed by atoms with E-state index in [-0.39, 0.29) is 5.91 Å². The first kappa shape index (κ1) is 15.0. The fourth-order valence-electron chi connectivity index (χ4n) is 1.46. The lowest BCUT2D eigenvalue weighted by Gasteiger charge is -2.03.